The van der Waals surface area contributed by atoms with Crippen molar-refractivity contribution in [2.24, 2.45) is 0 Å². The average Bonchev–Trinajstić information content (AvgIpc) is 3.94. The highest BCUT2D eigenvalue weighted by atomic mass is 15.0. The van der Waals surface area contributed by atoms with Crippen molar-refractivity contribution in [1.82, 2.24) is 9.13 Å². The van der Waals surface area contributed by atoms with Crippen LogP contribution >= 0.6 is 0 Å². The van der Waals surface area contributed by atoms with Crippen LogP contribution < -0.4 is 0 Å². The summed E-state index contributed by atoms with van der Waals surface area (Å²) in [5.41, 5.74) is 21.4. The number of fused-ring (bicyclic) bond motifs is 6. The normalized spacial score (nSPS) is 11.5. The quantitative estimate of drug-likeness (QED) is 0.144. The molecule has 318 valence electrons. The van der Waals surface area contributed by atoms with Crippen LogP contribution in [0.4, 0.5) is 0 Å². The molecule has 0 radical (unpaired) electrons. The van der Waals surface area contributed by atoms with Gasteiger partial charge in [-0.15, -0.1) is 0 Å². The van der Waals surface area contributed by atoms with E-state index in [0.29, 0.717) is 0 Å². The molecule has 13 aromatic rings. The fourth-order valence-corrected chi connectivity index (χ4v) is 10.6. The molecule has 2 nitrogen and oxygen atoms in total. The maximum atomic E-state index is 2.49. The number of hydrogen-bond acceptors (Lipinski definition) is 0. The molecule has 2 aromatic heterocycles. The highest BCUT2D eigenvalue weighted by Gasteiger charge is 2.21. The van der Waals surface area contributed by atoms with Crippen LogP contribution in [0.3, 0.4) is 0 Å². The molecule has 0 bridgehead atoms. The minimum Gasteiger partial charge on any atom is -0.309 e. The minimum absolute atomic E-state index is 1.15. The number of para-hydroxylation sites is 1. The molecule has 68 heavy (non-hydrogen) atoms. The van der Waals surface area contributed by atoms with Crippen molar-refractivity contribution >= 4 is 43.6 Å². The van der Waals surface area contributed by atoms with E-state index in [1.807, 2.05) is 0 Å². The van der Waals surface area contributed by atoms with Crippen LogP contribution in [0.1, 0.15) is 0 Å². The predicted molar refractivity (Wildman–Crippen MR) is 288 cm³/mol. The van der Waals surface area contributed by atoms with Gasteiger partial charge in [-0.25, -0.2) is 0 Å². The summed E-state index contributed by atoms with van der Waals surface area (Å²) in [5.74, 6) is 0. The summed E-state index contributed by atoms with van der Waals surface area (Å²) in [5, 5.41) is 4.97. The fraction of sp³-hybridized carbons (Fsp3) is 0. The summed E-state index contributed by atoms with van der Waals surface area (Å²) in [6.45, 7) is 0. The standard InChI is InChI=1S/C66H44N2/c1-6-18-45(19-7-1)53-36-39-55(48-20-8-2-9-21-48)64(44-53)68-61-41-38-52(43-59(61)66-57(29-17-31-63(66)68)50-24-12-4-13-25-50)47-34-32-46(33-35-47)51-37-40-60-58(42-51)65-56(49-22-10-3-11-23-49)28-16-30-62(65)67(60)54-26-14-5-15-27-54/h1-44H. The van der Waals surface area contributed by atoms with E-state index in [4.69, 9.17) is 0 Å². The molecule has 2 heterocycles. The Morgan fingerprint density at radius 1 is 0.206 bits per heavy atom. The molecule has 0 unspecified atom stereocenters. The van der Waals surface area contributed by atoms with Crippen LogP contribution in [-0.4, -0.2) is 9.13 Å². The third-order valence-corrected chi connectivity index (χ3v) is 13.7. The van der Waals surface area contributed by atoms with E-state index in [2.05, 4.69) is 276 Å². The van der Waals surface area contributed by atoms with E-state index in [-0.39, 0.29) is 0 Å². The van der Waals surface area contributed by atoms with Gasteiger partial charge < -0.3 is 9.13 Å². The first-order chi connectivity index (χ1) is 33.7. The Labute approximate surface area is 395 Å². The van der Waals surface area contributed by atoms with Gasteiger partial charge >= 0.3 is 0 Å². The van der Waals surface area contributed by atoms with Crippen molar-refractivity contribution in [2.45, 2.75) is 0 Å². The molecule has 0 aliphatic carbocycles. The van der Waals surface area contributed by atoms with Gasteiger partial charge in [0.05, 0.1) is 27.8 Å². The van der Waals surface area contributed by atoms with Crippen LogP contribution in [0.5, 0.6) is 0 Å². The number of hydrogen-bond donors (Lipinski definition) is 0. The van der Waals surface area contributed by atoms with Gasteiger partial charge in [-0.05, 0) is 116 Å². The van der Waals surface area contributed by atoms with Gasteiger partial charge in [0.2, 0.25) is 0 Å². The van der Waals surface area contributed by atoms with Gasteiger partial charge in [0.15, 0.2) is 0 Å². The Kier molecular flexibility index (Phi) is 9.54. The molecular formula is C66H44N2. The third kappa shape index (κ3) is 6.65. The third-order valence-electron chi connectivity index (χ3n) is 13.7. The molecule has 13 rings (SSSR count). The van der Waals surface area contributed by atoms with Crippen molar-refractivity contribution in [2.75, 3.05) is 0 Å². The second-order valence-corrected chi connectivity index (χ2v) is 17.6. The first kappa shape index (κ1) is 39.4. The Bertz CT molecular complexity index is 3960. The smallest absolute Gasteiger partial charge is 0.0547 e. The predicted octanol–water partition coefficient (Wildman–Crippen LogP) is 17.9. The van der Waals surface area contributed by atoms with Crippen molar-refractivity contribution in [3.63, 3.8) is 0 Å². The molecule has 0 amide bonds. The number of rotatable bonds is 8. The summed E-state index contributed by atoms with van der Waals surface area (Å²) in [6.07, 6.45) is 0. The first-order valence-corrected chi connectivity index (χ1v) is 23.4. The van der Waals surface area contributed by atoms with E-state index >= 15 is 0 Å². The van der Waals surface area contributed by atoms with Crippen LogP contribution in [0.2, 0.25) is 0 Å². The minimum atomic E-state index is 1.15. The molecule has 0 saturated carbocycles. The Balaban J connectivity index is 0.969. The summed E-state index contributed by atoms with van der Waals surface area (Å²) < 4.78 is 4.90. The molecular weight excluding hydrogens is 821 g/mol. The molecule has 0 N–H and O–H groups in total. The lowest BCUT2D eigenvalue weighted by molar-refractivity contribution is 1.18. The van der Waals surface area contributed by atoms with Crippen molar-refractivity contribution < 1.29 is 0 Å². The maximum Gasteiger partial charge on any atom is 0.0547 e. The summed E-state index contributed by atoms with van der Waals surface area (Å²) in [6, 6.07) is 97.4. The highest BCUT2D eigenvalue weighted by molar-refractivity contribution is 6.18. The van der Waals surface area contributed by atoms with E-state index in [1.165, 1.54) is 110 Å². The SMILES string of the molecule is c1ccc(-c2ccc(-c3ccccc3)c(-n3c4ccc(-c5ccc(-c6ccc7c(c6)c6c(-c8ccccc8)cccc6n7-c6ccccc6)cc5)cc4c4c(-c5ccccc5)cccc43)c2)cc1. The second-order valence-electron chi connectivity index (χ2n) is 17.6. The van der Waals surface area contributed by atoms with Crippen molar-refractivity contribution in [1.29, 1.82) is 0 Å². The Morgan fingerprint density at radius 2 is 0.574 bits per heavy atom. The molecule has 11 aromatic carbocycles. The van der Waals surface area contributed by atoms with Gasteiger partial charge in [0, 0.05) is 32.8 Å². The molecule has 2 heteroatoms. The zero-order valence-corrected chi connectivity index (χ0v) is 37.3. The van der Waals surface area contributed by atoms with Gasteiger partial charge in [-0.3, -0.25) is 0 Å². The Hall–Kier alpha value is -8.98. The zero-order valence-electron chi connectivity index (χ0n) is 37.3. The lowest BCUT2D eigenvalue weighted by atomic mass is 9.95. The van der Waals surface area contributed by atoms with Gasteiger partial charge in [-0.1, -0.05) is 212 Å². The van der Waals surface area contributed by atoms with Gasteiger partial charge in [0.25, 0.3) is 0 Å². The molecule has 0 aliphatic rings. The number of benzene rings is 11. The van der Waals surface area contributed by atoms with E-state index in [9.17, 15) is 0 Å². The van der Waals surface area contributed by atoms with E-state index < -0.39 is 0 Å². The van der Waals surface area contributed by atoms with E-state index in [0.717, 1.165) is 11.4 Å². The lowest BCUT2D eigenvalue weighted by Crippen LogP contribution is -1.98. The first-order valence-electron chi connectivity index (χ1n) is 23.4. The molecule has 0 atom stereocenters. The summed E-state index contributed by atoms with van der Waals surface area (Å²) in [4.78, 5) is 0. The summed E-state index contributed by atoms with van der Waals surface area (Å²) >= 11 is 0. The number of aromatic nitrogens is 2. The maximum absolute atomic E-state index is 2.49. The fourth-order valence-electron chi connectivity index (χ4n) is 10.6. The van der Waals surface area contributed by atoms with Gasteiger partial charge in [-0.2, -0.15) is 0 Å². The lowest BCUT2D eigenvalue weighted by Gasteiger charge is -2.16. The largest absolute Gasteiger partial charge is 0.309 e. The van der Waals surface area contributed by atoms with Gasteiger partial charge in [0.1, 0.15) is 0 Å². The molecule has 0 fully saturated rings. The second kappa shape index (κ2) is 16.5. The molecule has 0 saturated heterocycles. The topological polar surface area (TPSA) is 9.86 Å². The zero-order chi connectivity index (χ0) is 45.0. The van der Waals surface area contributed by atoms with Crippen LogP contribution in [0, 0.1) is 0 Å². The Morgan fingerprint density at radius 3 is 1.07 bits per heavy atom. The summed E-state index contributed by atoms with van der Waals surface area (Å²) in [7, 11) is 0. The average molecular weight is 865 g/mol. The molecule has 0 aliphatic heterocycles. The molecule has 0 spiro atoms. The number of nitrogens with zero attached hydrogens (tertiary/aromatic N) is 2. The monoisotopic (exact) mass is 864 g/mol. The van der Waals surface area contributed by atoms with Crippen molar-refractivity contribution in [3.05, 3.63) is 267 Å². The van der Waals surface area contributed by atoms with Crippen LogP contribution in [0.25, 0.3) is 122 Å². The van der Waals surface area contributed by atoms with E-state index in [1.54, 1.807) is 0 Å². The van der Waals surface area contributed by atoms with Crippen LogP contribution in [-0.2, 0) is 0 Å². The highest BCUT2D eigenvalue weighted by Crippen LogP contribution is 2.44. The van der Waals surface area contributed by atoms with Crippen LogP contribution in [0.15, 0.2) is 267 Å². The van der Waals surface area contributed by atoms with Crippen molar-refractivity contribution in [3.8, 4) is 78.1 Å².